The van der Waals surface area contributed by atoms with Crippen molar-refractivity contribution in [1.82, 2.24) is 25.2 Å². The van der Waals surface area contributed by atoms with E-state index >= 15 is 0 Å². The second-order valence-corrected chi connectivity index (χ2v) is 7.72. The summed E-state index contributed by atoms with van der Waals surface area (Å²) in [5.41, 5.74) is 2.79. The lowest BCUT2D eigenvalue weighted by atomic mass is 9.96. The predicted octanol–water partition coefficient (Wildman–Crippen LogP) is 3.13. The molecule has 0 spiro atoms. The van der Waals surface area contributed by atoms with Gasteiger partial charge in [-0.3, -0.25) is 14.6 Å². The number of amides is 2. The molecule has 3 aromatic rings. The van der Waals surface area contributed by atoms with Gasteiger partial charge in [0.15, 0.2) is 0 Å². The van der Waals surface area contributed by atoms with Gasteiger partial charge in [-0.15, -0.1) is 0 Å². The van der Waals surface area contributed by atoms with Crippen LogP contribution in [-0.2, 0) is 6.54 Å². The van der Waals surface area contributed by atoms with Gasteiger partial charge < -0.3 is 10.2 Å². The van der Waals surface area contributed by atoms with Crippen LogP contribution >= 0.6 is 0 Å². The summed E-state index contributed by atoms with van der Waals surface area (Å²) in [7, 11) is 0. The number of nitrogens with one attached hydrogen (secondary N) is 1. The molecule has 2 aromatic heterocycles. The van der Waals surface area contributed by atoms with Crippen molar-refractivity contribution in [3.8, 4) is 0 Å². The monoisotopic (exact) mass is 415 g/mol. The number of nitrogens with zero attached hydrogens (tertiary/aromatic N) is 4. The van der Waals surface area contributed by atoms with Gasteiger partial charge in [0.1, 0.15) is 5.82 Å². The lowest BCUT2D eigenvalue weighted by Gasteiger charge is -2.32. The Hall–Kier alpha value is -3.61. The van der Waals surface area contributed by atoms with E-state index in [0.29, 0.717) is 35.7 Å². The van der Waals surface area contributed by atoms with Gasteiger partial charge >= 0.3 is 0 Å². The highest BCUT2D eigenvalue weighted by Crippen LogP contribution is 2.26. The van der Waals surface area contributed by atoms with Crippen molar-refractivity contribution in [2.45, 2.75) is 32.2 Å². The van der Waals surface area contributed by atoms with E-state index in [9.17, 15) is 9.59 Å². The van der Waals surface area contributed by atoms with E-state index in [1.165, 1.54) is 0 Å². The zero-order valence-corrected chi connectivity index (χ0v) is 17.5. The Morgan fingerprint density at radius 1 is 1.13 bits per heavy atom. The number of hydrogen-bond donors (Lipinski definition) is 1. The fourth-order valence-electron chi connectivity index (χ4n) is 3.83. The fourth-order valence-corrected chi connectivity index (χ4v) is 3.83. The molecular formula is C24H25N5O2. The van der Waals surface area contributed by atoms with Gasteiger partial charge in [0.25, 0.3) is 11.8 Å². The second-order valence-electron chi connectivity index (χ2n) is 7.72. The van der Waals surface area contributed by atoms with E-state index in [1.807, 2.05) is 42.2 Å². The predicted molar refractivity (Wildman–Crippen MR) is 116 cm³/mol. The van der Waals surface area contributed by atoms with Crippen LogP contribution in [0.1, 0.15) is 56.6 Å². The van der Waals surface area contributed by atoms with E-state index in [4.69, 9.17) is 0 Å². The molecule has 1 aromatic carbocycles. The molecule has 1 aliphatic heterocycles. The Morgan fingerprint density at radius 3 is 2.65 bits per heavy atom. The van der Waals surface area contributed by atoms with E-state index in [0.717, 1.165) is 24.9 Å². The van der Waals surface area contributed by atoms with Crippen molar-refractivity contribution in [1.29, 1.82) is 0 Å². The molecule has 1 saturated heterocycles. The summed E-state index contributed by atoms with van der Waals surface area (Å²) >= 11 is 0. The smallest absolute Gasteiger partial charge is 0.254 e. The standard InChI is InChI=1S/C24H25N5O2/c1-17-21(23(30)27-14-18-6-3-2-4-7-18)15-26-22(28-17)20-8-5-13-29(16-20)24(31)19-9-11-25-12-10-19/h2-4,6-7,9-12,15,20H,5,8,13-14,16H2,1H3,(H,27,30)/t20-/m0/s1. The first-order chi connectivity index (χ1) is 15.1. The first-order valence-corrected chi connectivity index (χ1v) is 10.5. The number of pyridine rings is 1. The van der Waals surface area contributed by atoms with Gasteiger partial charge in [-0.1, -0.05) is 30.3 Å². The fraction of sp³-hybridized carbons (Fsp3) is 0.292. The zero-order chi connectivity index (χ0) is 21.6. The molecule has 0 bridgehead atoms. The minimum Gasteiger partial charge on any atom is -0.348 e. The highest BCUT2D eigenvalue weighted by Gasteiger charge is 2.27. The molecule has 1 aliphatic rings. The van der Waals surface area contributed by atoms with Crippen molar-refractivity contribution in [2.24, 2.45) is 0 Å². The molecule has 0 aliphatic carbocycles. The van der Waals surface area contributed by atoms with Crippen molar-refractivity contribution < 1.29 is 9.59 Å². The van der Waals surface area contributed by atoms with Crippen LogP contribution < -0.4 is 5.32 Å². The van der Waals surface area contributed by atoms with Crippen molar-refractivity contribution in [3.63, 3.8) is 0 Å². The summed E-state index contributed by atoms with van der Waals surface area (Å²) in [6.45, 7) is 3.57. The molecule has 0 unspecified atom stereocenters. The maximum absolute atomic E-state index is 12.8. The average Bonchev–Trinajstić information content (AvgIpc) is 2.83. The quantitative estimate of drug-likeness (QED) is 0.692. The Bertz CT molecular complexity index is 1060. The number of carbonyl (C=O) groups excluding carboxylic acids is 2. The van der Waals surface area contributed by atoms with Gasteiger partial charge in [-0.25, -0.2) is 9.97 Å². The molecule has 4 rings (SSSR count). The maximum atomic E-state index is 12.8. The maximum Gasteiger partial charge on any atom is 0.254 e. The van der Waals surface area contributed by atoms with Crippen LogP contribution in [0.2, 0.25) is 0 Å². The van der Waals surface area contributed by atoms with Crippen LogP contribution in [0, 0.1) is 6.92 Å². The van der Waals surface area contributed by atoms with Crippen LogP contribution in [0.15, 0.2) is 61.1 Å². The van der Waals surface area contributed by atoms with E-state index in [2.05, 4.69) is 20.3 Å². The Morgan fingerprint density at radius 2 is 1.90 bits per heavy atom. The summed E-state index contributed by atoms with van der Waals surface area (Å²) in [6.07, 6.45) is 6.66. The Balaban J connectivity index is 1.42. The zero-order valence-electron chi connectivity index (χ0n) is 17.5. The van der Waals surface area contributed by atoms with Crippen LogP contribution in [0.3, 0.4) is 0 Å². The molecule has 1 fully saturated rings. The highest BCUT2D eigenvalue weighted by molar-refractivity contribution is 5.95. The molecule has 7 nitrogen and oxygen atoms in total. The van der Waals surface area contributed by atoms with Gasteiger partial charge in [0.2, 0.25) is 0 Å². The Labute approximate surface area is 181 Å². The number of hydrogen-bond acceptors (Lipinski definition) is 5. The molecule has 0 radical (unpaired) electrons. The first kappa shape index (κ1) is 20.7. The second kappa shape index (κ2) is 9.47. The summed E-state index contributed by atoms with van der Waals surface area (Å²) < 4.78 is 0. The third kappa shape index (κ3) is 4.94. The molecule has 158 valence electrons. The van der Waals surface area contributed by atoms with E-state index < -0.39 is 0 Å². The highest BCUT2D eigenvalue weighted by atomic mass is 16.2. The molecule has 2 amide bonds. The summed E-state index contributed by atoms with van der Waals surface area (Å²) in [6, 6.07) is 13.2. The van der Waals surface area contributed by atoms with E-state index in [-0.39, 0.29) is 17.7 Å². The largest absolute Gasteiger partial charge is 0.348 e. The van der Waals surface area contributed by atoms with Crippen LogP contribution in [0.25, 0.3) is 0 Å². The van der Waals surface area contributed by atoms with Gasteiger partial charge in [-0.2, -0.15) is 0 Å². The SMILES string of the molecule is Cc1nc([C@H]2CCCN(C(=O)c3ccncc3)C2)ncc1C(=O)NCc1ccccc1. The van der Waals surface area contributed by atoms with Crippen LogP contribution in [-0.4, -0.2) is 44.8 Å². The molecule has 7 heteroatoms. The number of benzene rings is 1. The van der Waals surface area contributed by atoms with Crippen molar-refractivity contribution in [3.05, 3.63) is 89.3 Å². The summed E-state index contributed by atoms with van der Waals surface area (Å²) in [4.78, 5) is 40.3. The van der Waals surface area contributed by atoms with Crippen LogP contribution in [0.5, 0.6) is 0 Å². The lowest BCUT2D eigenvalue weighted by molar-refractivity contribution is 0.0704. The van der Waals surface area contributed by atoms with Crippen LogP contribution in [0.4, 0.5) is 0 Å². The number of likely N-dealkylation sites (tertiary alicyclic amines) is 1. The first-order valence-electron chi connectivity index (χ1n) is 10.5. The van der Waals surface area contributed by atoms with Crippen molar-refractivity contribution in [2.75, 3.05) is 13.1 Å². The van der Waals surface area contributed by atoms with E-state index in [1.54, 1.807) is 30.7 Å². The van der Waals surface area contributed by atoms with Gasteiger partial charge in [-0.05, 0) is 37.5 Å². The number of aromatic nitrogens is 3. The summed E-state index contributed by atoms with van der Waals surface area (Å²) in [5, 5.41) is 2.92. The molecule has 1 N–H and O–H groups in total. The minimum atomic E-state index is -0.189. The summed E-state index contributed by atoms with van der Waals surface area (Å²) in [5.74, 6) is 0.552. The topological polar surface area (TPSA) is 88.1 Å². The molecule has 3 heterocycles. The average molecular weight is 415 g/mol. The number of rotatable bonds is 5. The third-order valence-electron chi connectivity index (χ3n) is 5.54. The molecule has 0 saturated carbocycles. The number of aryl methyl sites for hydroxylation is 1. The molecule has 31 heavy (non-hydrogen) atoms. The Kier molecular flexibility index (Phi) is 6.31. The molecular weight excluding hydrogens is 390 g/mol. The normalized spacial score (nSPS) is 16.0. The number of piperidine rings is 1. The van der Waals surface area contributed by atoms with Crippen molar-refractivity contribution >= 4 is 11.8 Å². The number of carbonyl (C=O) groups is 2. The van der Waals surface area contributed by atoms with Gasteiger partial charge in [0, 0.05) is 49.7 Å². The van der Waals surface area contributed by atoms with Gasteiger partial charge in [0.05, 0.1) is 11.3 Å². The molecule has 1 atom stereocenters. The minimum absolute atomic E-state index is 0.000678. The lowest BCUT2D eigenvalue weighted by Crippen LogP contribution is -2.39. The third-order valence-corrected chi connectivity index (χ3v) is 5.54.